The lowest BCUT2D eigenvalue weighted by Crippen LogP contribution is -2.53. The third-order valence-corrected chi connectivity index (χ3v) is 5.31. The predicted molar refractivity (Wildman–Crippen MR) is 103 cm³/mol. The van der Waals surface area contributed by atoms with Gasteiger partial charge in [0.2, 0.25) is 0 Å². The van der Waals surface area contributed by atoms with Crippen LogP contribution in [0.1, 0.15) is 6.92 Å². The first-order valence-electron chi connectivity index (χ1n) is 8.01. The molecule has 0 saturated carbocycles. The molecule has 1 unspecified atom stereocenters. The minimum Gasteiger partial charge on any atom is -0.344 e. The number of para-hydroxylation sites is 3. The second-order valence-corrected chi connectivity index (χ2v) is 7.22. The van der Waals surface area contributed by atoms with E-state index in [0.717, 1.165) is 10.2 Å². The van der Waals surface area contributed by atoms with Crippen LogP contribution in [0, 0.1) is 0 Å². The highest BCUT2D eigenvalue weighted by Gasteiger charge is 2.52. The van der Waals surface area contributed by atoms with Gasteiger partial charge in [0, 0.05) is 10.2 Å². The number of nitrogens with zero attached hydrogens (tertiary/aromatic N) is 2. The standard InChI is InChI=1S/C20H16BrN3/c1-20-22-16-12-11-14(21)13-19(16)24(20)18-10-6-5-9-17(18)23(20)15-7-3-2-4-8-15/h2-13,22H,1H3. The van der Waals surface area contributed by atoms with Crippen LogP contribution < -0.4 is 15.1 Å². The van der Waals surface area contributed by atoms with Gasteiger partial charge in [0.1, 0.15) is 0 Å². The summed E-state index contributed by atoms with van der Waals surface area (Å²) in [5.74, 6) is -0.367. The molecule has 4 heteroatoms. The molecule has 1 atom stereocenters. The summed E-state index contributed by atoms with van der Waals surface area (Å²) in [5, 5.41) is 3.73. The van der Waals surface area contributed by atoms with Gasteiger partial charge in [-0.25, -0.2) is 0 Å². The third-order valence-electron chi connectivity index (χ3n) is 4.82. The Labute approximate surface area is 149 Å². The topological polar surface area (TPSA) is 18.5 Å². The molecular formula is C20H16BrN3. The Balaban J connectivity index is 1.78. The van der Waals surface area contributed by atoms with E-state index in [4.69, 9.17) is 0 Å². The molecule has 0 spiro atoms. The number of anilines is 5. The van der Waals surface area contributed by atoms with Crippen LogP contribution in [0.4, 0.5) is 28.4 Å². The van der Waals surface area contributed by atoms with Gasteiger partial charge in [0.05, 0.1) is 22.7 Å². The van der Waals surface area contributed by atoms with Gasteiger partial charge in [-0.05, 0) is 49.4 Å². The van der Waals surface area contributed by atoms with Crippen molar-refractivity contribution in [1.82, 2.24) is 0 Å². The van der Waals surface area contributed by atoms with Gasteiger partial charge in [-0.15, -0.1) is 0 Å². The lowest BCUT2D eigenvalue weighted by atomic mass is 10.2. The maximum absolute atomic E-state index is 3.73. The summed E-state index contributed by atoms with van der Waals surface area (Å²) < 4.78 is 1.09. The van der Waals surface area contributed by atoms with Crippen molar-refractivity contribution in [3.8, 4) is 0 Å². The summed E-state index contributed by atoms with van der Waals surface area (Å²) in [6, 6.07) is 25.5. The zero-order valence-corrected chi connectivity index (χ0v) is 14.8. The number of nitrogens with one attached hydrogen (secondary N) is 1. The zero-order chi connectivity index (χ0) is 16.3. The number of fused-ring (bicyclic) bond motifs is 5. The van der Waals surface area contributed by atoms with Crippen LogP contribution >= 0.6 is 15.9 Å². The zero-order valence-electron chi connectivity index (χ0n) is 13.2. The first kappa shape index (κ1) is 13.9. The van der Waals surface area contributed by atoms with Gasteiger partial charge < -0.3 is 5.32 Å². The summed E-state index contributed by atoms with van der Waals surface area (Å²) in [4.78, 5) is 4.76. The third kappa shape index (κ3) is 1.72. The number of halogens is 1. The number of rotatable bonds is 1. The van der Waals surface area contributed by atoms with E-state index >= 15 is 0 Å². The molecule has 2 aliphatic heterocycles. The first-order valence-corrected chi connectivity index (χ1v) is 8.80. The van der Waals surface area contributed by atoms with Crippen molar-refractivity contribution in [2.75, 3.05) is 15.1 Å². The first-order chi connectivity index (χ1) is 11.7. The second-order valence-electron chi connectivity index (χ2n) is 6.30. The Morgan fingerprint density at radius 2 is 1.46 bits per heavy atom. The fourth-order valence-electron chi connectivity index (χ4n) is 3.91. The van der Waals surface area contributed by atoms with E-state index < -0.39 is 0 Å². The average molecular weight is 378 g/mol. The van der Waals surface area contributed by atoms with Crippen molar-refractivity contribution in [2.45, 2.75) is 12.7 Å². The molecule has 3 aromatic carbocycles. The van der Waals surface area contributed by atoms with Crippen LogP contribution in [-0.4, -0.2) is 5.79 Å². The van der Waals surface area contributed by atoms with Gasteiger partial charge in [0.15, 0.2) is 5.79 Å². The van der Waals surface area contributed by atoms with Crippen molar-refractivity contribution in [3.05, 3.63) is 77.3 Å². The van der Waals surface area contributed by atoms with Crippen molar-refractivity contribution < 1.29 is 0 Å². The van der Waals surface area contributed by atoms with E-state index in [1.165, 1.54) is 22.7 Å². The van der Waals surface area contributed by atoms with Crippen LogP contribution in [0.15, 0.2) is 77.3 Å². The quantitative estimate of drug-likeness (QED) is 0.574. The van der Waals surface area contributed by atoms with Crippen LogP contribution in [0.5, 0.6) is 0 Å². The number of hydrogen-bond donors (Lipinski definition) is 1. The van der Waals surface area contributed by atoms with E-state index in [2.05, 4.69) is 111 Å². The lowest BCUT2D eigenvalue weighted by molar-refractivity contribution is 0.578. The van der Waals surface area contributed by atoms with Gasteiger partial charge in [-0.2, -0.15) is 0 Å². The molecule has 3 nitrogen and oxygen atoms in total. The fourth-order valence-corrected chi connectivity index (χ4v) is 4.25. The van der Waals surface area contributed by atoms with E-state index in [1.54, 1.807) is 0 Å². The molecule has 24 heavy (non-hydrogen) atoms. The molecule has 5 rings (SSSR count). The molecule has 2 aliphatic rings. The monoisotopic (exact) mass is 377 g/mol. The Morgan fingerprint density at radius 1 is 0.792 bits per heavy atom. The molecule has 118 valence electrons. The Bertz CT molecular complexity index is 941. The summed E-state index contributed by atoms with van der Waals surface area (Å²) in [6.07, 6.45) is 0. The van der Waals surface area contributed by atoms with Crippen molar-refractivity contribution in [3.63, 3.8) is 0 Å². The molecule has 0 amide bonds. The molecular weight excluding hydrogens is 362 g/mol. The Morgan fingerprint density at radius 3 is 2.21 bits per heavy atom. The van der Waals surface area contributed by atoms with Gasteiger partial charge in [-0.3, -0.25) is 9.80 Å². The van der Waals surface area contributed by atoms with Crippen molar-refractivity contribution >= 4 is 44.4 Å². The highest BCUT2D eigenvalue weighted by Crippen LogP contribution is 2.57. The molecule has 0 fully saturated rings. The highest BCUT2D eigenvalue weighted by atomic mass is 79.9. The smallest absolute Gasteiger partial charge is 0.195 e. The summed E-state index contributed by atoms with van der Waals surface area (Å²) >= 11 is 3.61. The summed E-state index contributed by atoms with van der Waals surface area (Å²) in [7, 11) is 0. The van der Waals surface area contributed by atoms with E-state index in [1.807, 2.05) is 0 Å². The Hall–Kier alpha value is -2.46. The number of benzene rings is 3. The Kier molecular flexibility index (Phi) is 2.77. The van der Waals surface area contributed by atoms with Crippen molar-refractivity contribution in [1.29, 1.82) is 0 Å². The van der Waals surface area contributed by atoms with Crippen LogP contribution in [0.2, 0.25) is 0 Å². The normalized spacial score (nSPS) is 20.4. The van der Waals surface area contributed by atoms with Gasteiger partial charge in [-0.1, -0.05) is 46.3 Å². The maximum atomic E-state index is 3.73. The van der Waals surface area contributed by atoms with Crippen LogP contribution in [-0.2, 0) is 0 Å². The van der Waals surface area contributed by atoms with Crippen molar-refractivity contribution in [2.24, 2.45) is 0 Å². The average Bonchev–Trinajstić information content (AvgIpc) is 3.02. The largest absolute Gasteiger partial charge is 0.344 e. The molecule has 1 N–H and O–H groups in total. The summed E-state index contributed by atoms with van der Waals surface area (Å²) in [5.41, 5.74) is 5.95. The number of hydrogen-bond acceptors (Lipinski definition) is 3. The minimum atomic E-state index is -0.367. The maximum Gasteiger partial charge on any atom is 0.195 e. The second kappa shape index (κ2) is 4.77. The molecule has 2 heterocycles. The van der Waals surface area contributed by atoms with Gasteiger partial charge >= 0.3 is 0 Å². The minimum absolute atomic E-state index is 0.367. The SMILES string of the molecule is CC12Nc3ccc(Br)cc3N1c1ccccc1N2c1ccccc1. The molecule has 0 radical (unpaired) electrons. The molecule has 0 aromatic heterocycles. The fraction of sp³-hybridized carbons (Fsp3) is 0.100. The van der Waals surface area contributed by atoms with E-state index in [9.17, 15) is 0 Å². The van der Waals surface area contributed by atoms with Crippen LogP contribution in [0.25, 0.3) is 0 Å². The van der Waals surface area contributed by atoms with Gasteiger partial charge in [0.25, 0.3) is 0 Å². The molecule has 3 aromatic rings. The van der Waals surface area contributed by atoms with E-state index in [-0.39, 0.29) is 5.79 Å². The highest BCUT2D eigenvalue weighted by molar-refractivity contribution is 9.10. The molecule has 0 bridgehead atoms. The summed E-state index contributed by atoms with van der Waals surface area (Å²) in [6.45, 7) is 2.23. The lowest BCUT2D eigenvalue weighted by Gasteiger charge is -2.38. The van der Waals surface area contributed by atoms with Crippen LogP contribution in [0.3, 0.4) is 0 Å². The molecule has 0 saturated heterocycles. The predicted octanol–water partition coefficient (Wildman–Crippen LogP) is 5.84. The molecule has 0 aliphatic carbocycles. The van der Waals surface area contributed by atoms with E-state index in [0.29, 0.717) is 0 Å².